The summed E-state index contributed by atoms with van der Waals surface area (Å²) in [7, 11) is -3.41. The highest BCUT2D eigenvalue weighted by molar-refractivity contribution is 7.91. The summed E-state index contributed by atoms with van der Waals surface area (Å²) in [5.41, 5.74) is 5.56. The third-order valence-electron chi connectivity index (χ3n) is 2.31. The van der Waals surface area contributed by atoms with Crippen LogP contribution in [0.5, 0.6) is 0 Å². The Morgan fingerprint density at radius 3 is 2.56 bits per heavy atom. The van der Waals surface area contributed by atoms with Crippen LogP contribution in [0.4, 0.5) is 4.39 Å². The van der Waals surface area contributed by atoms with Gasteiger partial charge in [0, 0.05) is 5.56 Å². The lowest BCUT2D eigenvalue weighted by atomic mass is 10.1. The molecule has 6 heteroatoms. The lowest BCUT2D eigenvalue weighted by molar-refractivity contribution is 0.265. The molecule has 1 atom stereocenters. The summed E-state index contributed by atoms with van der Waals surface area (Å²) in [6, 6.07) is 2.69. The summed E-state index contributed by atoms with van der Waals surface area (Å²) in [5, 5.41) is 8.78. The largest absolute Gasteiger partial charge is 0.394 e. The van der Waals surface area contributed by atoms with Crippen LogP contribution >= 0.6 is 0 Å². The number of halogens is 1. The maximum Gasteiger partial charge on any atom is 0.178 e. The Morgan fingerprint density at radius 2 is 2.12 bits per heavy atom. The molecule has 0 unspecified atom stereocenters. The number of aliphatic hydroxyl groups excluding tert-OH is 1. The predicted octanol–water partition coefficient (Wildman–Crippen LogP) is 0.611. The van der Waals surface area contributed by atoms with Crippen molar-refractivity contribution in [3.05, 3.63) is 29.6 Å². The van der Waals surface area contributed by atoms with Gasteiger partial charge in [0.2, 0.25) is 0 Å². The third-order valence-corrected chi connectivity index (χ3v) is 4.04. The van der Waals surface area contributed by atoms with E-state index in [-0.39, 0.29) is 16.2 Å². The Bertz CT molecular complexity index is 473. The second-order valence-electron chi connectivity index (χ2n) is 3.38. The SMILES string of the molecule is CCS(=O)(=O)c1ccc([C@@H](N)CO)c(F)c1. The third kappa shape index (κ3) is 2.58. The van der Waals surface area contributed by atoms with Crippen LogP contribution in [0.15, 0.2) is 23.1 Å². The van der Waals surface area contributed by atoms with Gasteiger partial charge in [-0.2, -0.15) is 0 Å². The number of benzene rings is 1. The highest BCUT2D eigenvalue weighted by Gasteiger charge is 2.16. The number of hydrogen-bond donors (Lipinski definition) is 2. The normalized spacial score (nSPS) is 13.8. The minimum atomic E-state index is -3.41. The lowest BCUT2D eigenvalue weighted by Gasteiger charge is -2.10. The number of aliphatic hydroxyl groups is 1. The van der Waals surface area contributed by atoms with Gasteiger partial charge in [0.1, 0.15) is 5.82 Å². The van der Waals surface area contributed by atoms with E-state index in [0.29, 0.717) is 0 Å². The quantitative estimate of drug-likeness (QED) is 0.817. The molecule has 0 saturated heterocycles. The Morgan fingerprint density at radius 1 is 1.50 bits per heavy atom. The van der Waals surface area contributed by atoms with Crippen molar-refractivity contribution in [3.8, 4) is 0 Å². The zero-order valence-corrected chi connectivity index (χ0v) is 9.67. The number of sulfone groups is 1. The van der Waals surface area contributed by atoms with Crippen LogP contribution in [0.1, 0.15) is 18.5 Å². The van der Waals surface area contributed by atoms with E-state index in [1.807, 2.05) is 0 Å². The molecule has 0 amide bonds. The Balaban J connectivity index is 3.19. The molecular formula is C10H14FNO3S. The van der Waals surface area contributed by atoms with E-state index < -0.39 is 28.3 Å². The van der Waals surface area contributed by atoms with Gasteiger partial charge in [0.15, 0.2) is 9.84 Å². The molecule has 4 nitrogen and oxygen atoms in total. The van der Waals surface area contributed by atoms with Gasteiger partial charge in [0.05, 0.1) is 23.3 Å². The minimum Gasteiger partial charge on any atom is -0.394 e. The minimum absolute atomic E-state index is 0.0682. The first-order valence-electron chi connectivity index (χ1n) is 4.81. The fourth-order valence-corrected chi connectivity index (χ4v) is 2.16. The molecule has 0 radical (unpaired) electrons. The van der Waals surface area contributed by atoms with Gasteiger partial charge in [-0.3, -0.25) is 0 Å². The number of rotatable bonds is 4. The summed E-state index contributed by atoms with van der Waals surface area (Å²) in [6.07, 6.45) is 0. The summed E-state index contributed by atoms with van der Waals surface area (Å²) in [4.78, 5) is -0.0682. The van der Waals surface area contributed by atoms with E-state index in [2.05, 4.69) is 0 Å². The zero-order chi connectivity index (χ0) is 12.3. The average molecular weight is 247 g/mol. The summed E-state index contributed by atoms with van der Waals surface area (Å²) >= 11 is 0. The molecule has 0 spiro atoms. The van der Waals surface area contributed by atoms with Gasteiger partial charge in [-0.05, 0) is 12.1 Å². The summed E-state index contributed by atoms with van der Waals surface area (Å²) in [5.74, 6) is -0.797. The van der Waals surface area contributed by atoms with Crippen LogP contribution in [-0.4, -0.2) is 25.9 Å². The molecule has 0 aliphatic carbocycles. The Hall–Kier alpha value is -0.980. The standard InChI is InChI=1S/C10H14FNO3S/c1-2-16(14,15)7-3-4-8(9(11)5-7)10(12)6-13/h3-5,10,13H,2,6,12H2,1H3/t10-/m0/s1. The molecule has 1 rings (SSSR count). The smallest absolute Gasteiger partial charge is 0.178 e. The molecule has 0 heterocycles. The molecule has 16 heavy (non-hydrogen) atoms. The summed E-state index contributed by atoms with van der Waals surface area (Å²) < 4.78 is 36.4. The van der Waals surface area contributed by atoms with Gasteiger partial charge in [-0.1, -0.05) is 13.0 Å². The van der Waals surface area contributed by atoms with Crippen molar-refractivity contribution >= 4 is 9.84 Å². The van der Waals surface area contributed by atoms with Crippen LogP contribution < -0.4 is 5.73 Å². The van der Waals surface area contributed by atoms with Crippen molar-refractivity contribution in [1.29, 1.82) is 0 Å². The molecule has 0 bridgehead atoms. The first-order chi connectivity index (χ1) is 7.42. The monoisotopic (exact) mass is 247 g/mol. The fourth-order valence-electron chi connectivity index (χ4n) is 1.27. The molecule has 0 aromatic heterocycles. The summed E-state index contributed by atoms with van der Waals surface area (Å²) in [6.45, 7) is 1.09. The van der Waals surface area contributed by atoms with E-state index in [4.69, 9.17) is 10.8 Å². The second-order valence-corrected chi connectivity index (χ2v) is 5.65. The maximum atomic E-state index is 13.5. The fraction of sp³-hybridized carbons (Fsp3) is 0.400. The molecule has 0 aliphatic rings. The predicted molar refractivity (Wildman–Crippen MR) is 58.1 cm³/mol. The molecule has 3 N–H and O–H groups in total. The molecule has 0 aliphatic heterocycles. The Kier molecular flexibility index (Phi) is 4.01. The van der Waals surface area contributed by atoms with E-state index >= 15 is 0 Å². The van der Waals surface area contributed by atoms with Crippen LogP contribution in [0, 0.1) is 5.82 Å². The molecular weight excluding hydrogens is 233 g/mol. The molecule has 0 saturated carbocycles. The van der Waals surface area contributed by atoms with Crippen molar-refractivity contribution < 1.29 is 17.9 Å². The van der Waals surface area contributed by atoms with Crippen LogP contribution in [0.3, 0.4) is 0 Å². The van der Waals surface area contributed by atoms with Crippen LogP contribution in [-0.2, 0) is 9.84 Å². The van der Waals surface area contributed by atoms with Crippen molar-refractivity contribution in [3.63, 3.8) is 0 Å². The lowest BCUT2D eigenvalue weighted by Crippen LogP contribution is -2.16. The van der Waals surface area contributed by atoms with Crippen LogP contribution in [0.2, 0.25) is 0 Å². The topological polar surface area (TPSA) is 80.4 Å². The van der Waals surface area contributed by atoms with E-state index in [1.54, 1.807) is 0 Å². The van der Waals surface area contributed by atoms with Gasteiger partial charge in [-0.25, -0.2) is 12.8 Å². The molecule has 0 fully saturated rings. The molecule has 90 valence electrons. The van der Waals surface area contributed by atoms with Crippen molar-refractivity contribution in [1.82, 2.24) is 0 Å². The number of hydrogen-bond acceptors (Lipinski definition) is 4. The van der Waals surface area contributed by atoms with Gasteiger partial charge in [0.25, 0.3) is 0 Å². The Labute approximate surface area is 93.8 Å². The number of nitrogens with two attached hydrogens (primary N) is 1. The van der Waals surface area contributed by atoms with Gasteiger partial charge in [-0.15, -0.1) is 0 Å². The van der Waals surface area contributed by atoms with Crippen molar-refractivity contribution in [2.24, 2.45) is 5.73 Å². The molecule has 1 aromatic carbocycles. The average Bonchev–Trinajstić information content (AvgIpc) is 2.28. The van der Waals surface area contributed by atoms with Crippen LogP contribution in [0.25, 0.3) is 0 Å². The van der Waals surface area contributed by atoms with E-state index in [9.17, 15) is 12.8 Å². The van der Waals surface area contributed by atoms with E-state index in [1.165, 1.54) is 19.1 Å². The first-order valence-corrected chi connectivity index (χ1v) is 6.46. The zero-order valence-electron chi connectivity index (χ0n) is 8.85. The first kappa shape index (κ1) is 13.1. The highest BCUT2D eigenvalue weighted by Crippen LogP contribution is 2.19. The van der Waals surface area contributed by atoms with Crippen molar-refractivity contribution in [2.75, 3.05) is 12.4 Å². The van der Waals surface area contributed by atoms with Crippen molar-refractivity contribution in [2.45, 2.75) is 17.9 Å². The maximum absolute atomic E-state index is 13.5. The highest BCUT2D eigenvalue weighted by atomic mass is 32.2. The van der Waals surface area contributed by atoms with E-state index in [0.717, 1.165) is 6.07 Å². The van der Waals surface area contributed by atoms with Gasteiger partial charge >= 0.3 is 0 Å². The van der Waals surface area contributed by atoms with Gasteiger partial charge < -0.3 is 10.8 Å². The molecule has 1 aromatic rings. The second kappa shape index (κ2) is 4.90.